The van der Waals surface area contributed by atoms with Gasteiger partial charge >= 0.3 is 0 Å². The molecule has 0 radical (unpaired) electrons. The highest BCUT2D eigenvalue weighted by Crippen LogP contribution is 2.35. The number of aromatic nitrogens is 2. The molecule has 1 aliphatic carbocycles. The molecule has 0 atom stereocenters. The molecule has 3 heteroatoms. The van der Waals surface area contributed by atoms with Gasteiger partial charge in [0.25, 0.3) is 0 Å². The number of nitrogens with zero attached hydrogens (tertiary/aromatic N) is 2. The van der Waals surface area contributed by atoms with E-state index in [0.29, 0.717) is 5.92 Å². The highest BCUT2D eigenvalue weighted by Gasteiger charge is 2.18. The van der Waals surface area contributed by atoms with Crippen LogP contribution >= 0.6 is 0 Å². The standard InChI is InChI=1S/C20H21N3/c1-2-6-15(7-3-1)19-14-20(22-16-10-12-21-13-11-16)17-8-4-5-9-18(17)23-19/h4-5,8-15H,1-3,6-7H2,(H,21,22,23). The normalized spacial score (nSPS) is 15.7. The van der Waals surface area contributed by atoms with Gasteiger partial charge in [0, 0.05) is 40.8 Å². The van der Waals surface area contributed by atoms with Gasteiger partial charge in [-0.3, -0.25) is 9.97 Å². The lowest BCUT2D eigenvalue weighted by molar-refractivity contribution is 0.437. The molecule has 4 rings (SSSR count). The summed E-state index contributed by atoms with van der Waals surface area (Å²) in [6, 6.07) is 14.6. The second-order valence-electron chi connectivity index (χ2n) is 6.31. The molecule has 116 valence electrons. The van der Waals surface area contributed by atoms with Gasteiger partial charge in [-0.1, -0.05) is 37.5 Å². The summed E-state index contributed by atoms with van der Waals surface area (Å²) in [6.07, 6.45) is 10.2. The lowest BCUT2D eigenvalue weighted by Gasteiger charge is -2.22. The molecule has 1 aromatic carbocycles. The van der Waals surface area contributed by atoms with E-state index in [1.807, 2.05) is 24.5 Å². The van der Waals surface area contributed by atoms with Gasteiger partial charge in [-0.25, -0.2) is 0 Å². The molecule has 0 bridgehead atoms. The van der Waals surface area contributed by atoms with Gasteiger partial charge in [-0.05, 0) is 37.1 Å². The van der Waals surface area contributed by atoms with Crippen LogP contribution in [-0.2, 0) is 0 Å². The number of benzene rings is 1. The largest absolute Gasteiger partial charge is 0.355 e. The maximum atomic E-state index is 4.95. The third-order valence-corrected chi connectivity index (χ3v) is 4.72. The van der Waals surface area contributed by atoms with Crippen molar-refractivity contribution < 1.29 is 0 Å². The van der Waals surface area contributed by atoms with E-state index in [2.05, 4.69) is 40.6 Å². The predicted molar refractivity (Wildman–Crippen MR) is 95.1 cm³/mol. The molecule has 0 unspecified atom stereocenters. The van der Waals surface area contributed by atoms with Crippen LogP contribution in [0.5, 0.6) is 0 Å². The first-order chi connectivity index (χ1) is 11.4. The molecule has 0 amide bonds. The number of anilines is 2. The minimum atomic E-state index is 0.603. The summed E-state index contributed by atoms with van der Waals surface area (Å²) in [5, 5.41) is 4.72. The second-order valence-corrected chi connectivity index (χ2v) is 6.31. The van der Waals surface area contributed by atoms with E-state index in [4.69, 9.17) is 4.98 Å². The fourth-order valence-corrected chi connectivity index (χ4v) is 3.50. The van der Waals surface area contributed by atoms with Crippen LogP contribution in [0.2, 0.25) is 0 Å². The van der Waals surface area contributed by atoms with Gasteiger partial charge < -0.3 is 5.32 Å². The number of hydrogen-bond donors (Lipinski definition) is 1. The van der Waals surface area contributed by atoms with Crippen molar-refractivity contribution in [2.24, 2.45) is 0 Å². The third kappa shape index (κ3) is 3.04. The monoisotopic (exact) mass is 303 g/mol. The Morgan fingerprint density at radius 3 is 2.52 bits per heavy atom. The summed E-state index contributed by atoms with van der Waals surface area (Å²) in [6.45, 7) is 0. The summed E-state index contributed by atoms with van der Waals surface area (Å²) < 4.78 is 0. The molecule has 0 saturated heterocycles. The zero-order chi connectivity index (χ0) is 15.5. The Kier molecular flexibility index (Phi) is 3.93. The quantitative estimate of drug-likeness (QED) is 0.702. The Morgan fingerprint density at radius 2 is 1.70 bits per heavy atom. The second kappa shape index (κ2) is 6.37. The minimum Gasteiger partial charge on any atom is -0.355 e. The SMILES string of the molecule is c1ccc2c(Nc3ccncc3)cc(C3CCCCC3)nc2c1. The van der Waals surface area contributed by atoms with Crippen molar-refractivity contribution in [3.63, 3.8) is 0 Å². The number of nitrogens with one attached hydrogen (secondary N) is 1. The van der Waals surface area contributed by atoms with E-state index in [1.165, 1.54) is 43.2 Å². The summed E-state index contributed by atoms with van der Waals surface area (Å²) in [7, 11) is 0. The number of hydrogen-bond acceptors (Lipinski definition) is 3. The third-order valence-electron chi connectivity index (χ3n) is 4.72. The number of para-hydroxylation sites is 1. The average molecular weight is 303 g/mol. The first-order valence-corrected chi connectivity index (χ1v) is 8.47. The Bertz CT molecular complexity index is 792. The van der Waals surface area contributed by atoms with Crippen LogP contribution in [0.25, 0.3) is 10.9 Å². The fraction of sp³-hybridized carbons (Fsp3) is 0.300. The molecule has 1 saturated carbocycles. The minimum absolute atomic E-state index is 0.603. The molecule has 2 heterocycles. The van der Waals surface area contributed by atoms with Crippen LogP contribution in [0.3, 0.4) is 0 Å². The van der Waals surface area contributed by atoms with Crippen molar-refractivity contribution in [1.82, 2.24) is 9.97 Å². The fourth-order valence-electron chi connectivity index (χ4n) is 3.50. The van der Waals surface area contributed by atoms with Crippen LogP contribution < -0.4 is 5.32 Å². The summed E-state index contributed by atoms with van der Waals surface area (Å²) in [4.78, 5) is 9.04. The van der Waals surface area contributed by atoms with Crippen molar-refractivity contribution >= 4 is 22.3 Å². The molecule has 2 aromatic heterocycles. The first kappa shape index (κ1) is 14.2. The van der Waals surface area contributed by atoms with E-state index in [9.17, 15) is 0 Å². The highest BCUT2D eigenvalue weighted by molar-refractivity contribution is 5.93. The molecular formula is C20H21N3. The van der Waals surface area contributed by atoms with Crippen molar-refractivity contribution in [1.29, 1.82) is 0 Å². The van der Waals surface area contributed by atoms with Crippen LogP contribution in [-0.4, -0.2) is 9.97 Å². The first-order valence-electron chi connectivity index (χ1n) is 8.47. The maximum absolute atomic E-state index is 4.95. The smallest absolute Gasteiger partial charge is 0.0726 e. The molecule has 0 aliphatic heterocycles. The molecule has 1 fully saturated rings. The van der Waals surface area contributed by atoms with E-state index in [-0.39, 0.29) is 0 Å². The zero-order valence-corrected chi connectivity index (χ0v) is 13.2. The van der Waals surface area contributed by atoms with Crippen LogP contribution in [0.1, 0.15) is 43.7 Å². The van der Waals surface area contributed by atoms with Gasteiger partial charge in [0.05, 0.1) is 5.52 Å². The summed E-state index contributed by atoms with van der Waals surface area (Å²) in [5.74, 6) is 0.603. The Balaban J connectivity index is 1.77. The van der Waals surface area contributed by atoms with E-state index in [1.54, 1.807) is 0 Å². The molecule has 3 nitrogen and oxygen atoms in total. The van der Waals surface area contributed by atoms with Gasteiger partial charge in [0.2, 0.25) is 0 Å². The Morgan fingerprint density at radius 1 is 0.913 bits per heavy atom. The molecule has 1 N–H and O–H groups in total. The molecular weight excluding hydrogens is 282 g/mol. The number of rotatable bonds is 3. The van der Waals surface area contributed by atoms with E-state index >= 15 is 0 Å². The van der Waals surface area contributed by atoms with Gasteiger partial charge in [-0.15, -0.1) is 0 Å². The summed E-state index contributed by atoms with van der Waals surface area (Å²) >= 11 is 0. The molecule has 0 spiro atoms. The van der Waals surface area contributed by atoms with Crippen molar-refractivity contribution in [2.45, 2.75) is 38.0 Å². The summed E-state index contributed by atoms with van der Waals surface area (Å²) in [5.41, 5.74) is 4.51. The van der Waals surface area contributed by atoms with Crippen LogP contribution in [0.15, 0.2) is 54.9 Å². The van der Waals surface area contributed by atoms with Gasteiger partial charge in [0.15, 0.2) is 0 Å². The van der Waals surface area contributed by atoms with Crippen LogP contribution in [0.4, 0.5) is 11.4 Å². The number of fused-ring (bicyclic) bond motifs is 1. The van der Waals surface area contributed by atoms with Crippen molar-refractivity contribution in [2.75, 3.05) is 5.32 Å². The predicted octanol–water partition coefficient (Wildman–Crippen LogP) is 5.42. The molecule has 1 aliphatic rings. The van der Waals surface area contributed by atoms with Gasteiger partial charge in [-0.2, -0.15) is 0 Å². The van der Waals surface area contributed by atoms with Crippen molar-refractivity contribution in [3.8, 4) is 0 Å². The molecule has 23 heavy (non-hydrogen) atoms. The average Bonchev–Trinajstić information content (AvgIpc) is 2.63. The number of pyridine rings is 2. The van der Waals surface area contributed by atoms with Gasteiger partial charge in [0.1, 0.15) is 0 Å². The topological polar surface area (TPSA) is 37.8 Å². The highest BCUT2D eigenvalue weighted by atomic mass is 14.9. The Hall–Kier alpha value is -2.42. The van der Waals surface area contributed by atoms with Crippen LogP contribution in [0, 0.1) is 0 Å². The lowest BCUT2D eigenvalue weighted by Crippen LogP contribution is -2.07. The maximum Gasteiger partial charge on any atom is 0.0726 e. The lowest BCUT2D eigenvalue weighted by atomic mass is 9.86. The zero-order valence-electron chi connectivity index (χ0n) is 13.2. The Labute approximate surface area is 136 Å². The molecule has 3 aromatic rings. The van der Waals surface area contributed by atoms with E-state index < -0.39 is 0 Å². The van der Waals surface area contributed by atoms with E-state index in [0.717, 1.165) is 16.9 Å². The van der Waals surface area contributed by atoms with Crippen molar-refractivity contribution in [3.05, 3.63) is 60.6 Å².